The van der Waals surface area contributed by atoms with Gasteiger partial charge in [0.25, 0.3) is 0 Å². The number of allylic oxidation sites excluding steroid dienone is 4. The van der Waals surface area contributed by atoms with Crippen molar-refractivity contribution in [2.45, 2.75) is 26.7 Å². The van der Waals surface area contributed by atoms with Gasteiger partial charge in [-0.15, -0.1) is 0 Å². The molecule has 2 aromatic rings. The average Bonchev–Trinajstić information content (AvgIpc) is 2.46. The lowest BCUT2D eigenvalue weighted by molar-refractivity contribution is 0.634. The number of nitrogens with zero attached hydrogens (tertiary/aromatic N) is 1. The van der Waals surface area contributed by atoms with E-state index in [1.807, 2.05) is 30.3 Å². The Balaban J connectivity index is 2.19. The Bertz CT molecular complexity index is 710. The van der Waals surface area contributed by atoms with Gasteiger partial charge in [0.05, 0.1) is 5.52 Å². The van der Waals surface area contributed by atoms with Crippen LogP contribution in [0.4, 0.5) is 4.39 Å². The molecule has 0 unspecified atom stereocenters. The van der Waals surface area contributed by atoms with Crippen molar-refractivity contribution in [2.75, 3.05) is 0 Å². The Morgan fingerprint density at radius 2 is 2.00 bits per heavy atom. The number of hydrogen-bond acceptors (Lipinski definition) is 1. The second-order valence-electron chi connectivity index (χ2n) is 5.56. The molecule has 102 valence electrons. The third-order valence-electron chi connectivity index (χ3n) is 3.87. The van der Waals surface area contributed by atoms with Crippen LogP contribution in [-0.2, 0) is 0 Å². The summed E-state index contributed by atoms with van der Waals surface area (Å²) < 4.78 is 14.3. The first kappa shape index (κ1) is 13.0. The molecule has 1 aliphatic carbocycles. The molecule has 0 saturated heterocycles. The number of pyridine rings is 1. The van der Waals surface area contributed by atoms with Crippen molar-refractivity contribution in [1.82, 2.24) is 4.98 Å². The Kier molecular flexibility index (Phi) is 3.39. The molecular formula is C18H18FN. The molecule has 20 heavy (non-hydrogen) atoms. The summed E-state index contributed by atoms with van der Waals surface area (Å²) in [5, 5.41) is 1.05. The summed E-state index contributed by atoms with van der Waals surface area (Å²) in [4.78, 5) is 4.46. The van der Waals surface area contributed by atoms with E-state index in [1.165, 1.54) is 5.57 Å². The molecule has 0 amide bonds. The van der Waals surface area contributed by atoms with Gasteiger partial charge in [-0.3, -0.25) is 4.98 Å². The fourth-order valence-electron chi connectivity index (χ4n) is 2.84. The summed E-state index contributed by atoms with van der Waals surface area (Å²) in [5.41, 5.74) is 3.79. The average molecular weight is 267 g/mol. The molecule has 1 aromatic heterocycles. The topological polar surface area (TPSA) is 12.9 Å². The highest BCUT2D eigenvalue weighted by atomic mass is 19.1. The lowest BCUT2D eigenvalue weighted by atomic mass is 9.85. The Morgan fingerprint density at radius 1 is 1.20 bits per heavy atom. The van der Waals surface area contributed by atoms with Gasteiger partial charge in [-0.1, -0.05) is 37.6 Å². The summed E-state index contributed by atoms with van der Waals surface area (Å²) in [6.07, 6.45) is 5.21. The number of halogens is 1. The highest BCUT2D eigenvalue weighted by Crippen LogP contribution is 2.37. The lowest BCUT2D eigenvalue weighted by Crippen LogP contribution is -2.04. The van der Waals surface area contributed by atoms with E-state index in [9.17, 15) is 4.39 Å². The van der Waals surface area contributed by atoms with Crippen LogP contribution >= 0.6 is 0 Å². The van der Waals surface area contributed by atoms with Crippen molar-refractivity contribution in [3.63, 3.8) is 0 Å². The standard InChI is InChI=1S/C18H18FN/c1-12(2)15-7-5-8-16(19)18(15)14-10-13-6-3-4-9-17(13)20-11-14/h3-4,6,8-12H,5,7H2,1-2H3. The van der Waals surface area contributed by atoms with Crippen LogP contribution in [-0.4, -0.2) is 4.98 Å². The number of hydrogen-bond donors (Lipinski definition) is 0. The first-order chi connectivity index (χ1) is 9.66. The molecule has 2 heteroatoms. The molecule has 1 aliphatic rings. The number of rotatable bonds is 2. The summed E-state index contributed by atoms with van der Waals surface area (Å²) in [7, 11) is 0. The maximum atomic E-state index is 14.3. The van der Waals surface area contributed by atoms with Gasteiger partial charge < -0.3 is 0 Å². The van der Waals surface area contributed by atoms with Crippen molar-refractivity contribution >= 4 is 16.5 Å². The quantitative estimate of drug-likeness (QED) is 0.720. The lowest BCUT2D eigenvalue weighted by Gasteiger charge is -2.21. The maximum absolute atomic E-state index is 14.3. The molecule has 0 fully saturated rings. The van der Waals surface area contributed by atoms with Gasteiger partial charge in [0, 0.05) is 22.7 Å². The van der Waals surface area contributed by atoms with Crippen molar-refractivity contribution < 1.29 is 4.39 Å². The molecule has 0 atom stereocenters. The monoisotopic (exact) mass is 267 g/mol. The van der Waals surface area contributed by atoms with Crippen LogP contribution in [0.3, 0.4) is 0 Å². The van der Waals surface area contributed by atoms with E-state index >= 15 is 0 Å². The van der Waals surface area contributed by atoms with E-state index in [0.717, 1.165) is 34.9 Å². The molecular weight excluding hydrogens is 249 g/mol. The Hall–Kier alpha value is -1.96. The van der Waals surface area contributed by atoms with E-state index in [0.29, 0.717) is 5.92 Å². The minimum absolute atomic E-state index is 0.1000. The highest BCUT2D eigenvalue weighted by molar-refractivity contribution is 5.87. The first-order valence-electron chi connectivity index (χ1n) is 7.11. The molecule has 0 bridgehead atoms. The number of fused-ring (bicyclic) bond motifs is 1. The third kappa shape index (κ3) is 2.26. The molecule has 3 rings (SSSR count). The Labute approximate surface area is 118 Å². The number of benzene rings is 1. The van der Waals surface area contributed by atoms with Crippen molar-refractivity contribution in [1.29, 1.82) is 0 Å². The minimum Gasteiger partial charge on any atom is -0.256 e. The fraction of sp³-hybridized carbons (Fsp3) is 0.278. The van der Waals surface area contributed by atoms with Gasteiger partial charge in [0.1, 0.15) is 5.83 Å². The van der Waals surface area contributed by atoms with Crippen LogP contribution < -0.4 is 0 Å². The smallest absolute Gasteiger partial charge is 0.127 e. The number of para-hydroxylation sites is 1. The molecule has 0 saturated carbocycles. The predicted molar refractivity (Wildman–Crippen MR) is 81.9 cm³/mol. The second-order valence-corrected chi connectivity index (χ2v) is 5.56. The molecule has 0 radical (unpaired) electrons. The zero-order chi connectivity index (χ0) is 14.1. The first-order valence-corrected chi connectivity index (χ1v) is 7.11. The highest BCUT2D eigenvalue weighted by Gasteiger charge is 2.20. The van der Waals surface area contributed by atoms with Gasteiger partial charge in [0.2, 0.25) is 0 Å². The van der Waals surface area contributed by atoms with E-state index < -0.39 is 0 Å². The summed E-state index contributed by atoms with van der Waals surface area (Å²) >= 11 is 0. The fourth-order valence-corrected chi connectivity index (χ4v) is 2.84. The summed E-state index contributed by atoms with van der Waals surface area (Å²) in [6, 6.07) is 9.99. The van der Waals surface area contributed by atoms with E-state index in [2.05, 4.69) is 18.8 Å². The zero-order valence-corrected chi connectivity index (χ0v) is 11.9. The molecule has 0 spiro atoms. The van der Waals surface area contributed by atoms with Crippen LogP contribution in [0, 0.1) is 5.92 Å². The molecule has 1 nitrogen and oxygen atoms in total. The van der Waals surface area contributed by atoms with Crippen LogP contribution in [0.15, 0.2) is 54.0 Å². The van der Waals surface area contributed by atoms with E-state index in [1.54, 1.807) is 12.3 Å². The zero-order valence-electron chi connectivity index (χ0n) is 11.9. The van der Waals surface area contributed by atoms with Gasteiger partial charge in [-0.2, -0.15) is 0 Å². The summed E-state index contributed by atoms with van der Waals surface area (Å²) in [5.74, 6) is 0.257. The van der Waals surface area contributed by atoms with Crippen LogP contribution in [0.2, 0.25) is 0 Å². The SMILES string of the molecule is CC(C)C1=C(c2cnc3ccccc3c2)C(F)=CCC1. The largest absolute Gasteiger partial charge is 0.256 e. The van der Waals surface area contributed by atoms with E-state index in [-0.39, 0.29) is 5.83 Å². The van der Waals surface area contributed by atoms with Gasteiger partial charge in [-0.25, -0.2) is 4.39 Å². The molecule has 1 aromatic carbocycles. The van der Waals surface area contributed by atoms with Gasteiger partial charge in [-0.05, 0) is 37.0 Å². The number of aromatic nitrogens is 1. The molecule has 0 N–H and O–H groups in total. The van der Waals surface area contributed by atoms with Crippen LogP contribution in [0.25, 0.3) is 16.5 Å². The Morgan fingerprint density at radius 3 is 2.80 bits per heavy atom. The second kappa shape index (κ2) is 5.20. The van der Waals surface area contributed by atoms with Crippen molar-refractivity contribution in [2.24, 2.45) is 5.92 Å². The van der Waals surface area contributed by atoms with E-state index in [4.69, 9.17) is 0 Å². The van der Waals surface area contributed by atoms with Crippen LogP contribution in [0.5, 0.6) is 0 Å². The van der Waals surface area contributed by atoms with Crippen molar-refractivity contribution in [3.05, 3.63) is 59.6 Å². The van der Waals surface area contributed by atoms with Gasteiger partial charge >= 0.3 is 0 Å². The van der Waals surface area contributed by atoms with Crippen LogP contribution in [0.1, 0.15) is 32.3 Å². The maximum Gasteiger partial charge on any atom is 0.127 e. The summed E-state index contributed by atoms with van der Waals surface area (Å²) in [6.45, 7) is 4.25. The van der Waals surface area contributed by atoms with Crippen molar-refractivity contribution in [3.8, 4) is 0 Å². The molecule has 0 aliphatic heterocycles. The normalized spacial score (nSPS) is 15.9. The minimum atomic E-state index is -0.1000. The predicted octanol–water partition coefficient (Wildman–Crippen LogP) is 5.29. The third-order valence-corrected chi connectivity index (χ3v) is 3.87. The van der Waals surface area contributed by atoms with Gasteiger partial charge in [0.15, 0.2) is 0 Å². The molecule has 1 heterocycles.